The number of rotatable bonds is 8. The van der Waals surface area contributed by atoms with E-state index in [2.05, 4.69) is 29.4 Å². The van der Waals surface area contributed by atoms with Crippen molar-refractivity contribution in [1.29, 1.82) is 0 Å². The van der Waals surface area contributed by atoms with E-state index in [0.29, 0.717) is 29.5 Å². The third-order valence-corrected chi connectivity index (χ3v) is 4.90. The van der Waals surface area contributed by atoms with Crippen LogP contribution in [0.1, 0.15) is 53.7 Å². The molecule has 0 saturated heterocycles. The number of ether oxygens (including phenoxy) is 2. The molecule has 0 saturated carbocycles. The van der Waals surface area contributed by atoms with Crippen LogP contribution < -0.4 is 14.8 Å². The van der Waals surface area contributed by atoms with Gasteiger partial charge in [-0.15, -0.1) is 0 Å². The van der Waals surface area contributed by atoms with Gasteiger partial charge in [-0.2, -0.15) is 5.10 Å². The third kappa shape index (κ3) is 4.42. The zero-order valence-corrected chi connectivity index (χ0v) is 17.4. The SMILES string of the molecule is CCC(C)n1nccc1NC(=O)c1ccc(OCc2c(C)noc2C)c(OC)c1. The van der Waals surface area contributed by atoms with Gasteiger partial charge in [0, 0.05) is 11.6 Å². The minimum absolute atomic E-state index is 0.190. The summed E-state index contributed by atoms with van der Waals surface area (Å²) in [7, 11) is 1.54. The van der Waals surface area contributed by atoms with E-state index in [4.69, 9.17) is 14.0 Å². The zero-order chi connectivity index (χ0) is 21.0. The molecule has 8 heteroatoms. The average Bonchev–Trinajstić information content (AvgIpc) is 3.32. The fourth-order valence-corrected chi connectivity index (χ4v) is 2.91. The van der Waals surface area contributed by atoms with Gasteiger partial charge in [-0.3, -0.25) is 4.79 Å². The van der Waals surface area contributed by atoms with Crippen molar-refractivity contribution in [2.45, 2.75) is 46.8 Å². The van der Waals surface area contributed by atoms with Gasteiger partial charge >= 0.3 is 0 Å². The second kappa shape index (κ2) is 8.81. The van der Waals surface area contributed by atoms with Crippen LogP contribution >= 0.6 is 0 Å². The van der Waals surface area contributed by atoms with Crippen LogP contribution in [0.25, 0.3) is 0 Å². The molecule has 0 spiro atoms. The summed E-state index contributed by atoms with van der Waals surface area (Å²) < 4.78 is 18.2. The Kier molecular flexibility index (Phi) is 6.21. The minimum Gasteiger partial charge on any atom is -0.493 e. The maximum Gasteiger partial charge on any atom is 0.256 e. The molecule has 0 fully saturated rings. The molecular formula is C21H26N4O4. The van der Waals surface area contributed by atoms with Crippen molar-refractivity contribution in [2.75, 3.05) is 12.4 Å². The lowest BCUT2D eigenvalue weighted by atomic mass is 10.2. The molecule has 3 rings (SSSR count). The molecule has 0 aliphatic rings. The molecule has 1 atom stereocenters. The monoisotopic (exact) mass is 398 g/mol. The first-order valence-electron chi connectivity index (χ1n) is 9.52. The molecule has 29 heavy (non-hydrogen) atoms. The molecule has 0 aliphatic carbocycles. The predicted octanol–water partition coefficient (Wildman–Crippen LogP) is 4.30. The molecule has 1 amide bonds. The number of aryl methyl sites for hydroxylation is 2. The quantitative estimate of drug-likeness (QED) is 0.608. The lowest BCUT2D eigenvalue weighted by molar-refractivity contribution is 0.102. The maximum absolute atomic E-state index is 12.7. The summed E-state index contributed by atoms with van der Waals surface area (Å²) in [6.45, 7) is 8.13. The van der Waals surface area contributed by atoms with Crippen LogP contribution in [0.2, 0.25) is 0 Å². The largest absolute Gasteiger partial charge is 0.493 e. The van der Waals surface area contributed by atoms with Crippen molar-refractivity contribution in [3.63, 3.8) is 0 Å². The molecule has 1 N–H and O–H groups in total. The minimum atomic E-state index is -0.245. The van der Waals surface area contributed by atoms with E-state index in [1.54, 1.807) is 35.1 Å². The number of nitrogens with zero attached hydrogens (tertiary/aromatic N) is 3. The van der Waals surface area contributed by atoms with Crippen LogP contribution in [0.15, 0.2) is 35.0 Å². The fraction of sp³-hybridized carbons (Fsp3) is 0.381. The summed E-state index contributed by atoms with van der Waals surface area (Å²) in [4.78, 5) is 12.7. The van der Waals surface area contributed by atoms with Crippen LogP contribution in [0.3, 0.4) is 0 Å². The molecule has 154 valence electrons. The first-order valence-corrected chi connectivity index (χ1v) is 9.52. The van der Waals surface area contributed by atoms with Gasteiger partial charge in [0.2, 0.25) is 0 Å². The Labute approximate surface area is 169 Å². The smallest absolute Gasteiger partial charge is 0.256 e. The van der Waals surface area contributed by atoms with Gasteiger partial charge in [0.05, 0.1) is 30.6 Å². The Balaban J connectivity index is 1.74. The van der Waals surface area contributed by atoms with Gasteiger partial charge in [0.25, 0.3) is 5.91 Å². The van der Waals surface area contributed by atoms with Crippen molar-refractivity contribution in [3.8, 4) is 11.5 Å². The van der Waals surface area contributed by atoms with Crippen LogP contribution in [-0.2, 0) is 6.61 Å². The topological polar surface area (TPSA) is 91.4 Å². The Hall–Kier alpha value is -3.29. The van der Waals surface area contributed by atoms with Crippen LogP contribution in [0.4, 0.5) is 5.82 Å². The predicted molar refractivity (Wildman–Crippen MR) is 108 cm³/mol. The van der Waals surface area contributed by atoms with E-state index >= 15 is 0 Å². The van der Waals surface area contributed by atoms with E-state index in [0.717, 1.165) is 23.4 Å². The number of anilines is 1. The molecule has 2 aromatic heterocycles. The summed E-state index contributed by atoms with van der Waals surface area (Å²) in [5.74, 6) is 2.14. The number of hydrogen-bond donors (Lipinski definition) is 1. The van der Waals surface area contributed by atoms with Crippen LogP contribution in [0, 0.1) is 13.8 Å². The second-order valence-corrected chi connectivity index (χ2v) is 6.83. The summed E-state index contributed by atoms with van der Waals surface area (Å²) >= 11 is 0. The van der Waals surface area contributed by atoms with Crippen molar-refractivity contribution < 1.29 is 18.8 Å². The number of nitrogens with one attached hydrogen (secondary N) is 1. The number of benzene rings is 1. The second-order valence-electron chi connectivity index (χ2n) is 6.83. The van der Waals surface area contributed by atoms with Crippen molar-refractivity contribution >= 4 is 11.7 Å². The highest BCUT2D eigenvalue weighted by atomic mass is 16.5. The van der Waals surface area contributed by atoms with Gasteiger partial charge in [-0.25, -0.2) is 4.68 Å². The summed E-state index contributed by atoms with van der Waals surface area (Å²) in [5, 5.41) is 11.1. The molecule has 2 heterocycles. The molecule has 1 unspecified atom stereocenters. The molecule has 0 radical (unpaired) electrons. The fourth-order valence-electron chi connectivity index (χ4n) is 2.91. The lowest BCUT2D eigenvalue weighted by Gasteiger charge is -2.15. The lowest BCUT2D eigenvalue weighted by Crippen LogP contribution is -2.17. The van der Waals surface area contributed by atoms with E-state index < -0.39 is 0 Å². The molecule has 8 nitrogen and oxygen atoms in total. The van der Waals surface area contributed by atoms with Crippen molar-refractivity contribution in [1.82, 2.24) is 14.9 Å². The number of carbonyl (C=O) groups is 1. The molecule has 1 aromatic carbocycles. The van der Waals surface area contributed by atoms with Gasteiger partial charge in [-0.05, 0) is 45.4 Å². The van der Waals surface area contributed by atoms with Crippen molar-refractivity contribution in [2.24, 2.45) is 0 Å². The van der Waals surface area contributed by atoms with E-state index in [9.17, 15) is 4.79 Å². The highest BCUT2D eigenvalue weighted by Crippen LogP contribution is 2.30. The van der Waals surface area contributed by atoms with Gasteiger partial charge in [-0.1, -0.05) is 12.1 Å². The zero-order valence-electron chi connectivity index (χ0n) is 17.4. The summed E-state index contributed by atoms with van der Waals surface area (Å²) in [6, 6.07) is 7.04. The number of methoxy groups -OCH3 is 1. The first-order chi connectivity index (χ1) is 13.9. The number of aromatic nitrogens is 3. The number of carbonyl (C=O) groups excluding carboxylic acids is 1. The Morgan fingerprint density at radius 1 is 1.28 bits per heavy atom. The van der Waals surface area contributed by atoms with E-state index in [-0.39, 0.29) is 11.9 Å². The number of amides is 1. The Morgan fingerprint density at radius 2 is 2.07 bits per heavy atom. The molecular weight excluding hydrogens is 372 g/mol. The van der Waals surface area contributed by atoms with Gasteiger partial charge in [0.15, 0.2) is 11.5 Å². The summed E-state index contributed by atoms with van der Waals surface area (Å²) in [6.07, 6.45) is 2.59. The average molecular weight is 398 g/mol. The first kappa shape index (κ1) is 20.4. The van der Waals surface area contributed by atoms with Gasteiger partial charge in [0.1, 0.15) is 18.2 Å². The van der Waals surface area contributed by atoms with Gasteiger partial charge < -0.3 is 19.3 Å². The maximum atomic E-state index is 12.7. The third-order valence-electron chi connectivity index (χ3n) is 4.90. The molecule has 3 aromatic rings. The standard InChI is InChI=1S/C21H26N4O4/c1-6-13(2)25-20(9-10-22-25)23-21(26)16-7-8-18(19(11-16)27-5)28-12-17-14(3)24-29-15(17)4/h7-11,13H,6,12H2,1-5H3,(H,23,26). The van der Waals surface area contributed by atoms with E-state index in [1.807, 2.05) is 13.8 Å². The molecule has 0 aliphatic heterocycles. The highest BCUT2D eigenvalue weighted by molar-refractivity contribution is 6.04. The summed E-state index contributed by atoms with van der Waals surface area (Å²) in [5.41, 5.74) is 2.14. The highest BCUT2D eigenvalue weighted by Gasteiger charge is 2.16. The number of hydrogen-bond acceptors (Lipinski definition) is 6. The Morgan fingerprint density at radius 3 is 2.72 bits per heavy atom. The van der Waals surface area contributed by atoms with Crippen molar-refractivity contribution in [3.05, 3.63) is 53.0 Å². The van der Waals surface area contributed by atoms with Crippen LogP contribution in [0.5, 0.6) is 11.5 Å². The van der Waals surface area contributed by atoms with E-state index in [1.165, 1.54) is 7.11 Å². The Bertz CT molecular complexity index is 973. The normalized spacial score (nSPS) is 11.9. The van der Waals surface area contributed by atoms with Crippen LogP contribution in [-0.4, -0.2) is 28.0 Å². The molecule has 0 bridgehead atoms.